The summed E-state index contributed by atoms with van der Waals surface area (Å²) in [5, 5.41) is 0. The fraction of sp³-hybridized carbons (Fsp3) is 0.200. The molecule has 4 aromatic rings. The van der Waals surface area contributed by atoms with Gasteiger partial charge in [-0.3, -0.25) is 0 Å². The summed E-state index contributed by atoms with van der Waals surface area (Å²) in [6.07, 6.45) is 0. The SMILES string of the molecule is C[C@@H]1c2ccccc2-c2c1c1c(c3c2[C@@H](C)c2ccccc2-3)[C@@H](C)c2ccccc2-1. The van der Waals surface area contributed by atoms with Crippen LogP contribution in [-0.2, 0) is 0 Å². The van der Waals surface area contributed by atoms with Gasteiger partial charge < -0.3 is 0 Å². The Morgan fingerprint density at radius 1 is 0.400 bits per heavy atom. The van der Waals surface area contributed by atoms with E-state index in [9.17, 15) is 0 Å². The lowest BCUT2D eigenvalue weighted by atomic mass is 9.81. The Kier molecular flexibility index (Phi) is 3.06. The van der Waals surface area contributed by atoms with E-state index in [2.05, 4.69) is 93.6 Å². The zero-order chi connectivity index (χ0) is 20.1. The Morgan fingerprint density at radius 3 is 0.967 bits per heavy atom. The Morgan fingerprint density at radius 2 is 0.667 bits per heavy atom. The zero-order valence-electron chi connectivity index (χ0n) is 17.7. The van der Waals surface area contributed by atoms with E-state index in [1.807, 2.05) is 0 Å². The monoisotopic (exact) mass is 384 g/mol. The van der Waals surface area contributed by atoms with Gasteiger partial charge in [-0.1, -0.05) is 93.6 Å². The summed E-state index contributed by atoms with van der Waals surface area (Å²) in [7, 11) is 0. The lowest BCUT2D eigenvalue weighted by molar-refractivity contribution is 0.921. The molecule has 0 radical (unpaired) electrons. The van der Waals surface area contributed by atoms with Crippen LogP contribution in [0.4, 0.5) is 0 Å². The molecule has 7 rings (SSSR count). The van der Waals surface area contributed by atoms with Crippen LogP contribution in [0.5, 0.6) is 0 Å². The molecule has 0 amide bonds. The quantitative estimate of drug-likeness (QED) is 0.287. The minimum absolute atomic E-state index is 0.435. The van der Waals surface area contributed by atoms with Gasteiger partial charge in [-0.05, 0) is 66.8 Å². The maximum absolute atomic E-state index is 2.41. The molecule has 0 heteroatoms. The number of hydrogen-bond acceptors (Lipinski definition) is 0. The fourth-order valence-electron chi connectivity index (χ4n) is 6.75. The molecule has 3 aliphatic carbocycles. The van der Waals surface area contributed by atoms with Crippen molar-refractivity contribution in [3.63, 3.8) is 0 Å². The van der Waals surface area contributed by atoms with Crippen LogP contribution in [0.15, 0.2) is 72.8 Å². The molecule has 0 bridgehead atoms. The molecule has 0 aliphatic heterocycles. The third-order valence-corrected chi connectivity index (χ3v) is 8.00. The molecule has 4 aromatic carbocycles. The number of fused-ring (bicyclic) bond motifs is 12. The molecule has 3 atom stereocenters. The van der Waals surface area contributed by atoms with Gasteiger partial charge in [0, 0.05) is 17.8 Å². The molecule has 0 fully saturated rings. The first kappa shape index (κ1) is 16.7. The van der Waals surface area contributed by atoms with Gasteiger partial charge in [0.25, 0.3) is 0 Å². The maximum Gasteiger partial charge on any atom is 0.00796 e. The first-order chi connectivity index (χ1) is 14.7. The van der Waals surface area contributed by atoms with Crippen LogP contribution in [0, 0.1) is 0 Å². The highest BCUT2D eigenvalue weighted by Crippen LogP contribution is 2.63. The van der Waals surface area contributed by atoms with Crippen molar-refractivity contribution in [1.82, 2.24) is 0 Å². The molecule has 144 valence electrons. The molecule has 0 heterocycles. The standard InChI is InChI=1S/C30H24/c1-16-19-10-4-7-13-22(19)28-25(16)29-23-14-8-5-11-20(23)17(2)27(29)30-24-15-9-6-12-21(24)18(3)26(28)30/h4-18H,1-3H3/t16-,17-,18+/m0/s1. The summed E-state index contributed by atoms with van der Waals surface area (Å²) < 4.78 is 0. The van der Waals surface area contributed by atoms with Crippen LogP contribution in [0.1, 0.15) is 71.9 Å². The van der Waals surface area contributed by atoms with Gasteiger partial charge >= 0.3 is 0 Å². The highest BCUT2D eigenvalue weighted by Gasteiger charge is 2.43. The predicted octanol–water partition coefficient (Wildman–Crippen LogP) is 8.08. The minimum Gasteiger partial charge on any atom is -0.0619 e. The van der Waals surface area contributed by atoms with Gasteiger partial charge in [-0.2, -0.15) is 0 Å². The number of benzene rings is 4. The van der Waals surface area contributed by atoms with E-state index in [1.165, 1.54) is 50.1 Å². The topological polar surface area (TPSA) is 0 Å². The van der Waals surface area contributed by atoms with Crippen LogP contribution in [-0.4, -0.2) is 0 Å². The molecule has 0 spiro atoms. The molecule has 3 aliphatic rings. The van der Waals surface area contributed by atoms with E-state index in [4.69, 9.17) is 0 Å². The normalized spacial score (nSPS) is 21.5. The van der Waals surface area contributed by atoms with E-state index in [0.717, 1.165) is 0 Å². The smallest absolute Gasteiger partial charge is 0.00796 e. The van der Waals surface area contributed by atoms with Gasteiger partial charge in [0.05, 0.1) is 0 Å². The molecule has 0 N–H and O–H groups in total. The highest BCUT2D eigenvalue weighted by atomic mass is 14.5. The first-order valence-electron chi connectivity index (χ1n) is 11.2. The van der Waals surface area contributed by atoms with Crippen molar-refractivity contribution in [2.45, 2.75) is 38.5 Å². The summed E-state index contributed by atoms with van der Waals surface area (Å²) in [6.45, 7) is 7.24. The van der Waals surface area contributed by atoms with Gasteiger partial charge in [0.1, 0.15) is 0 Å². The summed E-state index contributed by atoms with van der Waals surface area (Å²) in [5.41, 5.74) is 18.1. The second kappa shape index (κ2) is 5.52. The molecule has 0 saturated carbocycles. The van der Waals surface area contributed by atoms with Crippen molar-refractivity contribution in [2.24, 2.45) is 0 Å². The minimum atomic E-state index is 0.435. The maximum atomic E-state index is 2.41. The molecule has 0 aromatic heterocycles. The molecular formula is C30H24. The number of rotatable bonds is 0. The Hall–Kier alpha value is -3.12. The lowest BCUT2D eigenvalue weighted by Gasteiger charge is -2.21. The average molecular weight is 385 g/mol. The largest absolute Gasteiger partial charge is 0.0619 e. The van der Waals surface area contributed by atoms with Crippen LogP contribution in [0.2, 0.25) is 0 Å². The van der Waals surface area contributed by atoms with Crippen molar-refractivity contribution in [1.29, 1.82) is 0 Å². The third-order valence-electron chi connectivity index (χ3n) is 8.00. The van der Waals surface area contributed by atoms with Gasteiger partial charge in [0.2, 0.25) is 0 Å². The van der Waals surface area contributed by atoms with E-state index in [-0.39, 0.29) is 0 Å². The summed E-state index contributed by atoms with van der Waals surface area (Å²) in [4.78, 5) is 0. The summed E-state index contributed by atoms with van der Waals surface area (Å²) in [6, 6.07) is 27.3. The molecule has 30 heavy (non-hydrogen) atoms. The van der Waals surface area contributed by atoms with Gasteiger partial charge in [-0.25, -0.2) is 0 Å². The third kappa shape index (κ3) is 1.76. The summed E-state index contributed by atoms with van der Waals surface area (Å²) >= 11 is 0. The van der Waals surface area contributed by atoms with E-state index < -0.39 is 0 Å². The zero-order valence-corrected chi connectivity index (χ0v) is 17.7. The van der Waals surface area contributed by atoms with Gasteiger partial charge in [0.15, 0.2) is 0 Å². The Balaban J connectivity index is 1.72. The van der Waals surface area contributed by atoms with Crippen molar-refractivity contribution >= 4 is 0 Å². The molecule has 0 unspecified atom stereocenters. The predicted molar refractivity (Wildman–Crippen MR) is 125 cm³/mol. The van der Waals surface area contributed by atoms with Crippen LogP contribution in [0.3, 0.4) is 0 Å². The van der Waals surface area contributed by atoms with E-state index in [0.29, 0.717) is 17.8 Å². The van der Waals surface area contributed by atoms with Crippen LogP contribution in [0.25, 0.3) is 33.4 Å². The average Bonchev–Trinajstić information content (AvgIpc) is 3.36. The number of hydrogen-bond donors (Lipinski definition) is 0. The van der Waals surface area contributed by atoms with Crippen molar-refractivity contribution in [3.05, 3.63) is 106 Å². The lowest BCUT2D eigenvalue weighted by Crippen LogP contribution is -2.02. The van der Waals surface area contributed by atoms with Crippen molar-refractivity contribution < 1.29 is 0 Å². The second-order valence-electron chi connectivity index (χ2n) is 9.29. The van der Waals surface area contributed by atoms with E-state index in [1.54, 1.807) is 16.7 Å². The van der Waals surface area contributed by atoms with Gasteiger partial charge in [-0.15, -0.1) is 0 Å². The van der Waals surface area contributed by atoms with E-state index >= 15 is 0 Å². The van der Waals surface area contributed by atoms with Crippen molar-refractivity contribution in [2.75, 3.05) is 0 Å². The first-order valence-corrected chi connectivity index (χ1v) is 11.2. The highest BCUT2D eigenvalue weighted by molar-refractivity contribution is 6.02. The summed E-state index contributed by atoms with van der Waals surface area (Å²) in [5.74, 6) is 1.30. The fourth-order valence-corrected chi connectivity index (χ4v) is 6.75. The molecule has 0 nitrogen and oxygen atoms in total. The van der Waals surface area contributed by atoms with Crippen molar-refractivity contribution in [3.8, 4) is 33.4 Å². The molecule has 0 saturated heterocycles. The Bertz CT molecular complexity index is 1200. The second-order valence-corrected chi connectivity index (χ2v) is 9.29. The Labute approximate surface area is 178 Å². The van der Waals surface area contributed by atoms with Crippen LogP contribution < -0.4 is 0 Å². The molecular weight excluding hydrogens is 360 g/mol. The van der Waals surface area contributed by atoms with Crippen LogP contribution >= 0.6 is 0 Å².